The van der Waals surface area contributed by atoms with Crippen molar-refractivity contribution in [2.24, 2.45) is 5.73 Å². The number of ether oxygens (including phenoxy) is 1. The maximum Gasteiger partial charge on any atom is 0.271 e. The number of aromatic amines is 1. The fourth-order valence-corrected chi connectivity index (χ4v) is 2.62. The highest BCUT2D eigenvalue weighted by atomic mass is 16.5. The zero-order chi connectivity index (χ0) is 16.8. The quantitative estimate of drug-likeness (QED) is 0.733. The molecule has 23 heavy (non-hydrogen) atoms. The summed E-state index contributed by atoms with van der Waals surface area (Å²) >= 11 is 0. The first-order valence-electron chi connectivity index (χ1n) is 7.97. The first-order valence-corrected chi connectivity index (χ1v) is 7.97. The molecule has 0 aliphatic heterocycles. The predicted octanol–water partition coefficient (Wildman–Crippen LogP) is 2.58. The second kappa shape index (κ2) is 7.83. The van der Waals surface area contributed by atoms with E-state index in [0.29, 0.717) is 18.8 Å². The molecule has 0 saturated heterocycles. The summed E-state index contributed by atoms with van der Waals surface area (Å²) in [6.07, 6.45) is 1.79. The number of aromatic nitrogens is 1. The summed E-state index contributed by atoms with van der Waals surface area (Å²) in [5, 5.41) is 3.22. The Morgan fingerprint density at radius 3 is 2.57 bits per heavy atom. The Balaban J connectivity index is 2.26. The minimum atomic E-state index is -0.145. The Labute approximate surface area is 136 Å². The standard InChI is InChI=1S/C18H25N3O2/c1-4-12-6-7-17(23-3)14(8-12)11-20-15-9-13(5-2)16(10-19)21-18(15)22/h6-9,20H,4-5,10-11,19H2,1-3H3,(H,21,22). The van der Waals surface area contributed by atoms with E-state index in [4.69, 9.17) is 10.5 Å². The Morgan fingerprint density at radius 1 is 1.17 bits per heavy atom. The smallest absolute Gasteiger partial charge is 0.271 e. The van der Waals surface area contributed by atoms with Gasteiger partial charge in [0.05, 0.1) is 7.11 Å². The predicted molar refractivity (Wildman–Crippen MR) is 94.0 cm³/mol. The number of pyridine rings is 1. The van der Waals surface area contributed by atoms with Crippen LogP contribution in [0, 0.1) is 0 Å². The molecule has 2 aromatic rings. The van der Waals surface area contributed by atoms with Gasteiger partial charge in [0.2, 0.25) is 0 Å². The van der Waals surface area contributed by atoms with Crippen LogP contribution in [0.15, 0.2) is 29.1 Å². The average Bonchev–Trinajstić information content (AvgIpc) is 2.59. The highest BCUT2D eigenvalue weighted by Crippen LogP contribution is 2.21. The van der Waals surface area contributed by atoms with Gasteiger partial charge in [0.1, 0.15) is 11.4 Å². The molecule has 0 unspecified atom stereocenters. The number of H-pyrrole nitrogens is 1. The third-order valence-corrected chi connectivity index (χ3v) is 4.02. The molecular weight excluding hydrogens is 290 g/mol. The summed E-state index contributed by atoms with van der Waals surface area (Å²) in [4.78, 5) is 15.0. The Hall–Kier alpha value is -2.27. The number of hydrogen-bond donors (Lipinski definition) is 3. The molecule has 4 N–H and O–H groups in total. The lowest BCUT2D eigenvalue weighted by atomic mass is 10.1. The molecule has 5 nitrogen and oxygen atoms in total. The minimum absolute atomic E-state index is 0.145. The molecule has 0 amide bonds. The first kappa shape index (κ1) is 17.1. The van der Waals surface area contributed by atoms with Crippen LogP contribution in [0.4, 0.5) is 5.69 Å². The fraction of sp³-hybridized carbons (Fsp3) is 0.389. The number of nitrogens with one attached hydrogen (secondary N) is 2. The Morgan fingerprint density at radius 2 is 1.96 bits per heavy atom. The topological polar surface area (TPSA) is 80.1 Å². The highest BCUT2D eigenvalue weighted by molar-refractivity contribution is 5.47. The van der Waals surface area contributed by atoms with E-state index >= 15 is 0 Å². The molecule has 0 bridgehead atoms. The van der Waals surface area contributed by atoms with Crippen LogP contribution < -0.4 is 21.3 Å². The van der Waals surface area contributed by atoms with Crippen molar-refractivity contribution < 1.29 is 4.74 Å². The lowest BCUT2D eigenvalue weighted by Crippen LogP contribution is -2.19. The van der Waals surface area contributed by atoms with Crippen LogP contribution in [0.25, 0.3) is 0 Å². The molecular formula is C18H25N3O2. The van der Waals surface area contributed by atoms with Crippen LogP contribution in [0.5, 0.6) is 5.75 Å². The summed E-state index contributed by atoms with van der Waals surface area (Å²) < 4.78 is 5.40. The van der Waals surface area contributed by atoms with E-state index in [9.17, 15) is 4.79 Å². The molecule has 5 heteroatoms. The molecule has 124 valence electrons. The average molecular weight is 315 g/mol. The van der Waals surface area contributed by atoms with Crippen molar-refractivity contribution in [2.45, 2.75) is 39.8 Å². The Kier molecular flexibility index (Phi) is 5.82. The van der Waals surface area contributed by atoms with Crippen molar-refractivity contribution in [3.05, 3.63) is 57.0 Å². The molecule has 0 atom stereocenters. The summed E-state index contributed by atoms with van der Waals surface area (Å²) in [5.41, 5.74) is 10.2. The second-order valence-electron chi connectivity index (χ2n) is 5.43. The van der Waals surface area contributed by atoms with E-state index in [0.717, 1.165) is 35.4 Å². The van der Waals surface area contributed by atoms with Crippen molar-refractivity contribution >= 4 is 5.69 Å². The molecule has 0 aliphatic carbocycles. The molecule has 1 heterocycles. The zero-order valence-corrected chi connectivity index (χ0v) is 14.0. The first-order chi connectivity index (χ1) is 11.1. The molecule has 1 aromatic carbocycles. The van der Waals surface area contributed by atoms with Gasteiger partial charge in [-0.15, -0.1) is 0 Å². The molecule has 0 spiro atoms. The van der Waals surface area contributed by atoms with Gasteiger partial charge in [-0.2, -0.15) is 0 Å². The van der Waals surface area contributed by atoms with E-state index < -0.39 is 0 Å². The lowest BCUT2D eigenvalue weighted by Gasteiger charge is -2.13. The van der Waals surface area contributed by atoms with Crippen LogP contribution in [-0.4, -0.2) is 12.1 Å². The van der Waals surface area contributed by atoms with Gasteiger partial charge >= 0.3 is 0 Å². The fourth-order valence-electron chi connectivity index (χ4n) is 2.62. The minimum Gasteiger partial charge on any atom is -0.496 e. The van der Waals surface area contributed by atoms with Crippen molar-refractivity contribution in [3.8, 4) is 5.75 Å². The number of methoxy groups -OCH3 is 1. The Bertz CT molecular complexity index is 723. The van der Waals surface area contributed by atoms with E-state index in [1.165, 1.54) is 5.56 Å². The number of anilines is 1. The number of benzene rings is 1. The van der Waals surface area contributed by atoms with Gasteiger partial charge in [0.15, 0.2) is 0 Å². The van der Waals surface area contributed by atoms with E-state index in [1.807, 2.05) is 19.1 Å². The lowest BCUT2D eigenvalue weighted by molar-refractivity contribution is 0.410. The summed E-state index contributed by atoms with van der Waals surface area (Å²) in [6.45, 7) is 5.03. The third-order valence-electron chi connectivity index (χ3n) is 4.02. The van der Waals surface area contributed by atoms with Gasteiger partial charge in [-0.05, 0) is 36.1 Å². The van der Waals surface area contributed by atoms with Gasteiger partial charge in [-0.1, -0.05) is 26.0 Å². The van der Waals surface area contributed by atoms with E-state index in [-0.39, 0.29) is 5.56 Å². The normalized spacial score (nSPS) is 10.6. The number of rotatable bonds is 7. The molecule has 1 aromatic heterocycles. The highest BCUT2D eigenvalue weighted by Gasteiger charge is 2.08. The van der Waals surface area contributed by atoms with Crippen LogP contribution in [-0.2, 0) is 25.9 Å². The largest absolute Gasteiger partial charge is 0.496 e. The monoisotopic (exact) mass is 315 g/mol. The van der Waals surface area contributed by atoms with Gasteiger partial charge in [-0.3, -0.25) is 4.79 Å². The van der Waals surface area contributed by atoms with Gasteiger partial charge in [0, 0.05) is 24.3 Å². The second-order valence-corrected chi connectivity index (χ2v) is 5.43. The van der Waals surface area contributed by atoms with Crippen molar-refractivity contribution in [1.82, 2.24) is 4.98 Å². The van der Waals surface area contributed by atoms with Crippen molar-refractivity contribution in [3.63, 3.8) is 0 Å². The van der Waals surface area contributed by atoms with Crippen LogP contribution in [0.1, 0.15) is 36.2 Å². The zero-order valence-electron chi connectivity index (χ0n) is 14.0. The molecule has 0 saturated carbocycles. The number of aryl methyl sites for hydroxylation is 2. The number of hydrogen-bond acceptors (Lipinski definition) is 4. The van der Waals surface area contributed by atoms with Crippen LogP contribution >= 0.6 is 0 Å². The third kappa shape index (κ3) is 3.93. The van der Waals surface area contributed by atoms with Gasteiger partial charge in [-0.25, -0.2) is 0 Å². The van der Waals surface area contributed by atoms with Gasteiger partial charge < -0.3 is 20.8 Å². The van der Waals surface area contributed by atoms with Crippen molar-refractivity contribution in [2.75, 3.05) is 12.4 Å². The summed E-state index contributed by atoms with van der Waals surface area (Å²) in [6, 6.07) is 8.02. The molecule has 2 rings (SSSR count). The maximum atomic E-state index is 12.2. The molecule has 0 aliphatic rings. The number of nitrogens with two attached hydrogens (primary N) is 1. The SMILES string of the molecule is CCc1ccc(OC)c(CNc2cc(CC)c(CN)[nH]c2=O)c1. The van der Waals surface area contributed by atoms with Crippen molar-refractivity contribution in [1.29, 1.82) is 0 Å². The summed E-state index contributed by atoms with van der Waals surface area (Å²) in [5.74, 6) is 0.820. The maximum absolute atomic E-state index is 12.2. The van der Waals surface area contributed by atoms with E-state index in [1.54, 1.807) is 7.11 Å². The molecule has 0 fully saturated rings. The molecule has 0 radical (unpaired) electrons. The van der Waals surface area contributed by atoms with Gasteiger partial charge in [0.25, 0.3) is 5.56 Å². The van der Waals surface area contributed by atoms with Crippen LogP contribution in [0.3, 0.4) is 0 Å². The summed E-state index contributed by atoms with van der Waals surface area (Å²) in [7, 11) is 1.66. The van der Waals surface area contributed by atoms with E-state index in [2.05, 4.69) is 29.4 Å². The van der Waals surface area contributed by atoms with Crippen LogP contribution in [0.2, 0.25) is 0 Å².